The van der Waals surface area contributed by atoms with Crippen LogP contribution in [0.5, 0.6) is 0 Å². The lowest BCUT2D eigenvalue weighted by atomic mass is 10.3. The first kappa shape index (κ1) is 14.9. The number of hydrogen-bond acceptors (Lipinski definition) is 7. The monoisotopic (exact) mass is 319 g/mol. The second kappa shape index (κ2) is 6.80. The van der Waals surface area contributed by atoms with Gasteiger partial charge in [0, 0.05) is 44.2 Å². The van der Waals surface area contributed by atoms with Crippen LogP contribution in [0.4, 0.5) is 11.5 Å². The first-order valence-corrected chi connectivity index (χ1v) is 8.11. The van der Waals surface area contributed by atoms with Crippen molar-refractivity contribution in [1.82, 2.24) is 14.9 Å². The minimum Gasteiger partial charge on any atom is -0.355 e. The molecule has 0 spiro atoms. The van der Waals surface area contributed by atoms with E-state index in [1.54, 1.807) is 17.4 Å². The van der Waals surface area contributed by atoms with Crippen LogP contribution in [0.15, 0.2) is 29.2 Å². The Labute approximate surface area is 132 Å². The van der Waals surface area contributed by atoms with E-state index in [0.29, 0.717) is 0 Å². The Hall–Kier alpha value is -2.06. The van der Waals surface area contributed by atoms with E-state index in [-0.39, 0.29) is 5.69 Å². The van der Waals surface area contributed by atoms with Crippen LogP contribution in [0.3, 0.4) is 0 Å². The van der Waals surface area contributed by atoms with Crippen LogP contribution in [-0.4, -0.2) is 46.0 Å². The number of hydrogen-bond donors (Lipinski definition) is 0. The zero-order valence-electron chi connectivity index (χ0n) is 12.1. The third-order valence-corrected chi connectivity index (χ3v) is 4.36. The Bertz CT molecular complexity index is 617. The summed E-state index contributed by atoms with van der Waals surface area (Å²) in [5, 5.41) is 12.8. The average molecular weight is 319 g/mol. The van der Waals surface area contributed by atoms with Crippen LogP contribution in [0.1, 0.15) is 12.1 Å². The molecule has 0 bridgehead atoms. The molecule has 2 aromatic heterocycles. The quantitative estimate of drug-likeness (QED) is 0.635. The van der Waals surface area contributed by atoms with Gasteiger partial charge in [-0.15, -0.1) is 11.3 Å². The van der Waals surface area contributed by atoms with Crippen molar-refractivity contribution in [3.8, 4) is 0 Å². The van der Waals surface area contributed by atoms with E-state index in [1.807, 2.05) is 5.51 Å². The van der Waals surface area contributed by atoms with Gasteiger partial charge in [-0.1, -0.05) is 0 Å². The predicted molar refractivity (Wildman–Crippen MR) is 85.1 cm³/mol. The molecular weight excluding hydrogens is 302 g/mol. The summed E-state index contributed by atoms with van der Waals surface area (Å²) >= 11 is 1.62. The van der Waals surface area contributed by atoms with E-state index in [4.69, 9.17) is 0 Å². The third kappa shape index (κ3) is 3.58. The molecule has 0 aromatic carbocycles. The van der Waals surface area contributed by atoms with Gasteiger partial charge in [0.05, 0.1) is 16.1 Å². The summed E-state index contributed by atoms with van der Waals surface area (Å²) in [6.45, 7) is 4.63. The van der Waals surface area contributed by atoms with Crippen molar-refractivity contribution in [2.75, 3.05) is 31.1 Å². The molecule has 0 aliphatic carbocycles. The highest BCUT2D eigenvalue weighted by molar-refractivity contribution is 7.07. The summed E-state index contributed by atoms with van der Waals surface area (Å²) in [7, 11) is 0. The van der Waals surface area contributed by atoms with Gasteiger partial charge in [0.25, 0.3) is 5.69 Å². The van der Waals surface area contributed by atoms with Crippen molar-refractivity contribution in [2.45, 2.75) is 13.0 Å². The highest BCUT2D eigenvalue weighted by atomic mass is 32.1. The minimum atomic E-state index is -0.422. The first-order valence-electron chi connectivity index (χ1n) is 7.17. The smallest absolute Gasteiger partial charge is 0.287 e. The summed E-state index contributed by atoms with van der Waals surface area (Å²) in [4.78, 5) is 23.4. The van der Waals surface area contributed by atoms with Gasteiger partial charge in [-0.3, -0.25) is 15.0 Å². The van der Waals surface area contributed by atoms with Gasteiger partial charge in [-0.05, 0) is 12.5 Å². The molecule has 0 saturated carbocycles. The van der Waals surface area contributed by atoms with Crippen LogP contribution in [0.25, 0.3) is 0 Å². The first-order chi connectivity index (χ1) is 10.7. The van der Waals surface area contributed by atoms with E-state index < -0.39 is 4.92 Å². The predicted octanol–water partition coefficient (Wildman–Crippen LogP) is 2.16. The Balaban J connectivity index is 1.61. The van der Waals surface area contributed by atoms with Crippen molar-refractivity contribution in [1.29, 1.82) is 0 Å². The van der Waals surface area contributed by atoms with Gasteiger partial charge in [0.15, 0.2) is 0 Å². The molecule has 0 atom stereocenters. The molecule has 8 heteroatoms. The van der Waals surface area contributed by atoms with Gasteiger partial charge in [0.1, 0.15) is 12.0 Å². The van der Waals surface area contributed by atoms with E-state index in [1.165, 1.54) is 12.3 Å². The molecule has 1 aliphatic rings. The highest BCUT2D eigenvalue weighted by Crippen LogP contribution is 2.18. The van der Waals surface area contributed by atoms with Crippen molar-refractivity contribution >= 4 is 22.8 Å². The highest BCUT2D eigenvalue weighted by Gasteiger charge is 2.17. The summed E-state index contributed by atoms with van der Waals surface area (Å²) < 4.78 is 0. The zero-order chi connectivity index (χ0) is 15.4. The molecule has 1 aliphatic heterocycles. The Morgan fingerprint density at radius 1 is 1.23 bits per heavy atom. The number of rotatable bonds is 4. The van der Waals surface area contributed by atoms with Gasteiger partial charge < -0.3 is 4.90 Å². The standard InChI is InChI=1S/C14H17N5O2S/c20-19(21)13-2-3-14(15-8-13)18-5-1-4-17(6-7-18)9-12-10-22-11-16-12/h2-3,8,10-11H,1,4-7,9H2. The van der Waals surface area contributed by atoms with Crippen LogP contribution < -0.4 is 4.90 Å². The Kier molecular flexibility index (Phi) is 4.59. The molecule has 1 saturated heterocycles. The van der Waals surface area contributed by atoms with Crippen LogP contribution in [-0.2, 0) is 6.54 Å². The summed E-state index contributed by atoms with van der Waals surface area (Å²) in [6, 6.07) is 3.24. The molecule has 0 unspecified atom stereocenters. The largest absolute Gasteiger partial charge is 0.355 e. The van der Waals surface area contributed by atoms with Crippen molar-refractivity contribution < 1.29 is 4.92 Å². The molecule has 22 heavy (non-hydrogen) atoms. The lowest BCUT2D eigenvalue weighted by Gasteiger charge is -2.22. The maximum absolute atomic E-state index is 10.7. The molecule has 0 amide bonds. The number of pyridine rings is 1. The zero-order valence-corrected chi connectivity index (χ0v) is 12.9. The fraction of sp³-hybridized carbons (Fsp3) is 0.429. The van der Waals surface area contributed by atoms with Gasteiger partial charge in [0.2, 0.25) is 0 Å². The van der Waals surface area contributed by atoms with Crippen LogP contribution >= 0.6 is 11.3 Å². The van der Waals surface area contributed by atoms with Crippen molar-refractivity contribution in [2.24, 2.45) is 0 Å². The summed E-state index contributed by atoms with van der Waals surface area (Å²) in [5.74, 6) is 0.807. The van der Waals surface area contributed by atoms with E-state index in [0.717, 1.165) is 50.7 Å². The van der Waals surface area contributed by atoms with E-state index in [9.17, 15) is 10.1 Å². The Morgan fingerprint density at radius 3 is 2.82 bits per heavy atom. The maximum Gasteiger partial charge on any atom is 0.287 e. The molecule has 2 aromatic rings. The van der Waals surface area contributed by atoms with E-state index in [2.05, 4.69) is 25.1 Å². The topological polar surface area (TPSA) is 75.4 Å². The molecule has 0 N–H and O–H groups in total. The second-order valence-electron chi connectivity index (χ2n) is 5.23. The normalized spacial score (nSPS) is 16.5. The molecular formula is C14H17N5O2S. The number of thiazole rings is 1. The molecule has 3 rings (SSSR count). The molecule has 3 heterocycles. The lowest BCUT2D eigenvalue weighted by molar-refractivity contribution is -0.385. The fourth-order valence-corrected chi connectivity index (χ4v) is 3.13. The third-order valence-electron chi connectivity index (χ3n) is 3.72. The van der Waals surface area contributed by atoms with Gasteiger partial charge in [-0.25, -0.2) is 9.97 Å². The fourth-order valence-electron chi connectivity index (χ4n) is 2.58. The number of anilines is 1. The number of aromatic nitrogens is 2. The average Bonchev–Trinajstić information content (AvgIpc) is 2.92. The van der Waals surface area contributed by atoms with Crippen molar-refractivity contribution in [3.05, 3.63) is 45.0 Å². The Morgan fingerprint density at radius 2 is 2.14 bits per heavy atom. The molecule has 1 fully saturated rings. The minimum absolute atomic E-state index is 0.0312. The molecule has 0 radical (unpaired) electrons. The van der Waals surface area contributed by atoms with Crippen LogP contribution in [0, 0.1) is 10.1 Å². The van der Waals surface area contributed by atoms with Gasteiger partial charge in [-0.2, -0.15) is 0 Å². The maximum atomic E-state index is 10.7. The van der Waals surface area contributed by atoms with E-state index >= 15 is 0 Å². The van der Waals surface area contributed by atoms with Crippen LogP contribution in [0.2, 0.25) is 0 Å². The van der Waals surface area contributed by atoms with Gasteiger partial charge >= 0.3 is 0 Å². The number of nitrogens with zero attached hydrogens (tertiary/aromatic N) is 5. The van der Waals surface area contributed by atoms with Crippen molar-refractivity contribution in [3.63, 3.8) is 0 Å². The second-order valence-corrected chi connectivity index (χ2v) is 5.95. The molecule has 7 nitrogen and oxygen atoms in total. The summed E-state index contributed by atoms with van der Waals surface area (Å²) in [6.07, 6.45) is 2.37. The lowest BCUT2D eigenvalue weighted by Crippen LogP contribution is -2.31. The SMILES string of the molecule is O=[N+]([O-])c1ccc(N2CCCN(Cc3cscn3)CC2)nc1. The summed E-state index contributed by atoms with van der Waals surface area (Å²) in [5.41, 5.74) is 3.01. The number of nitro groups is 1. The molecule has 116 valence electrons.